The van der Waals surface area contributed by atoms with Gasteiger partial charge in [-0.05, 0) is 145 Å². The number of aryl methyl sites for hydroxylation is 3. The molecule has 0 saturated heterocycles. The van der Waals surface area contributed by atoms with Crippen molar-refractivity contribution in [2.75, 3.05) is 14.7 Å². The molecular weight excluding hydrogens is 786 g/mol. The standard InChI is InChI=1S/C61H60BN3/c1-39-23-27-44(28-24-39)63-52-29-25-40(2)35-50(52)62-49-22-16-21-47-56(49)65(59(7)32-14-15-33-61(47,59)42-18-10-9-11-19-42)54-38-45(37-53(63)55(54)62)64-51-30-26-43(57(3,4)5)36-48(51)58(6)34-31-41-17-12-13-20-46(41)60(58,64)8/h9-13,16-30,35-38H,14-15,31-34H2,1-8H3. The van der Waals surface area contributed by atoms with Crippen molar-refractivity contribution in [2.45, 2.75) is 121 Å². The number of fused-ring (bicyclic) bond motifs is 12. The lowest BCUT2D eigenvalue weighted by atomic mass is 9.33. The Balaban J connectivity index is 1.17. The highest BCUT2D eigenvalue weighted by atomic mass is 15.3. The molecule has 0 amide bonds. The number of hydrogen-bond donors (Lipinski definition) is 0. The Morgan fingerprint density at radius 1 is 0.538 bits per heavy atom. The number of benzene rings is 7. The Bertz CT molecular complexity index is 3150. The van der Waals surface area contributed by atoms with Gasteiger partial charge in [-0.15, -0.1) is 0 Å². The van der Waals surface area contributed by atoms with Gasteiger partial charge in [-0.25, -0.2) is 0 Å². The van der Waals surface area contributed by atoms with Crippen LogP contribution < -0.4 is 31.1 Å². The van der Waals surface area contributed by atoms with Crippen LogP contribution in [-0.4, -0.2) is 12.3 Å². The lowest BCUT2D eigenvalue weighted by Crippen LogP contribution is -2.65. The van der Waals surface area contributed by atoms with Crippen LogP contribution in [0.1, 0.15) is 118 Å². The third-order valence-corrected chi connectivity index (χ3v) is 18.0. The molecule has 3 nitrogen and oxygen atoms in total. The highest BCUT2D eigenvalue weighted by Crippen LogP contribution is 2.67. The van der Waals surface area contributed by atoms with Gasteiger partial charge < -0.3 is 14.7 Å². The van der Waals surface area contributed by atoms with E-state index >= 15 is 0 Å². The number of anilines is 7. The molecule has 322 valence electrons. The molecule has 0 radical (unpaired) electrons. The van der Waals surface area contributed by atoms with Crippen LogP contribution in [0.3, 0.4) is 0 Å². The van der Waals surface area contributed by atoms with Crippen molar-refractivity contribution in [3.05, 3.63) is 190 Å². The van der Waals surface area contributed by atoms with Gasteiger partial charge in [0.1, 0.15) is 0 Å². The summed E-state index contributed by atoms with van der Waals surface area (Å²) < 4.78 is 0. The number of nitrogens with zero attached hydrogens (tertiary/aromatic N) is 3. The molecular formula is C61H60BN3. The molecule has 1 saturated carbocycles. The zero-order valence-electron chi connectivity index (χ0n) is 39.5. The Hall–Kier alpha value is -6.00. The van der Waals surface area contributed by atoms with E-state index in [0.29, 0.717) is 0 Å². The third-order valence-electron chi connectivity index (χ3n) is 18.0. The van der Waals surface area contributed by atoms with Gasteiger partial charge in [0.2, 0.25) is 0 Å². The Morgan fingerprint density at radius 2 is 1.25 bits per heavy atom. The van der Waals surface area contributed by atoms with Crippen LogP contribution >= 0.6 is 0 Å². The Labute approximate surface area is 387 Å². The summed E-state index contributed by atoms with van der Waals surface area (Å²) in [6.45, 7) is 19.5. The average Bonchev–Trinajstić information content (AvgIpc) is 3.68. The van der Waals surface area contributed by atoms with E-state index in [2.05, 4.69) is 216 Å². The highest BCUT2D eigenvalue weighted by Gasteiger charge is 2.65. The zero-order valence-corrected chi connectivity index (χ0v) is 39.5. The van der Waals surface area contributed by atoms with E-state index in [4.69, 9.17) is 0 Å². The summed E-state index contributed by atoms with van der Waals surface area (Å²) in [5.41, 5.74) is 24.1. The first-order valence-corrected chi connectivity index (χ1v) is 24.5. The van der Waals surface area contributed by atoms with E-state index in [1.165, 1.54) is 114 Å². The molecule has 4 heteroatoms. The van der Waals surface area contributed by atoms with Crippen molar-refractivity contribution >= 4 is 62.9 Å². The molecule has 6 aliphatic rings. The second-order valence-corrected chi connectivity index (χ2v) is 22.3. The third kappa shape index (κ3) is 4.83. The molecule has 1 fully saturated rings. The molecule has 7 aromatic carbocycles. The van der Waals surface area contributed by atoms with Gasteiger partial charge in [-0.3, -0.25) is 0 Å². The van der Waals surface area contributed by atoms with E-state index in [-0.39, 0.29) is 34.0 Å². The maximum absolute atomic E-state index is 2.92. The van der Waals surface area contributed by atoms with Crippen molar-refractivity contribution in [3.63, 3.8) is 0 Å². The summed E-state index contributed by atoms with van der Waals surface area (Å²) in [6.07, 6.45) is 6.89. The predicted octanol–water partition coefficient (Wildman–Crippen LogP) is 13.3. The maximum Gasteiger partial charge on any atom is 0.252 e. The molecule has 4 atom stereocenters. The Morgan fingerprint density at radius 3 is 2.05 bits per heavy atom. The van der Waals surface area contributed by atoms with Crippen LogP contribution in [0, 0.1) is 13.8 Å². The molecule has 0 aromatic heterocycles. The lowest BCUT2D eigenvalue weighted by molar-refractivity contribution is 0.215. The van der Waals surface area contributed by atoms with Crippen molar-refractivity contribution in [1.82, 2.24) is 0 Å². The van der Waals surface area contributed by atoms with Gasteiger partial charge in [-0.1, -0.05) is 161 Å². The molecule has 2 aliphatic carbocycles. The molecule has 13 rings (SSSR count). The summed E-state index contributed by atoms with van der Waals surface area (Å²) >= 11 is 0. The van der Waals surface area contributed by atoms with E-state index < -0.39 is 0 Å². The zero-order chi connectivity index (χ0) is 44.4. The highest BCUT2D eigenvalue weighted by molar-refractivity contribution is 7.00. The predicted molar refractivity (Wildman–Crippen MR) is 275 cm³/mol. The maximum atomic E-state index is 2.92. The minimum Gasteiger partial charge on any atom is -0.335 e. The first kappa shape index (κ1) is 39.4. The smallest absolute Gasteiger partial charge is 0.252 e. The lowest BCUT2D eigenvalue weighted by Gasteiger charge is -2.55. The summed E-state index contributed by atoms with van der Waals surface area (Å²) in [5, 5.41) is 0. The fourth-order valence-electron chi connectivity index (χ4n) is 14.7. The molecule has 4 heterocycles. The first-order valence-electron chi connectivity index (χ1n) is 24.5. The number of para-hydroxylation sites is 1. The molecule has 7 aromatic rings. The van der Waals surface area contributed by atoms with Crippen LogP contribution in [-0.2, 0) is 28.2 Å². The summed E-state index contributed by atoms with van der Waals surface area (Å²) in [7, 11) is 0. The van der Waals surface area contributed by atoms with Gasteiger partial charge in [0.15, 0.2) is 0 Å². The fraction of sp³-hybridized carbons (Fsp3) is 0.311. The molecule has 0 spiro atoms. The minimum atomic E-state index is -0.343. The average molecular weight is 846 g/mol. The second kappa shape index (κ2) is 13.1. The van der Waals surface area contributed by atoms with Gasteiger partial charge in [-0.2, -0.15) is 0 Å². The van der Waals surface area contributed by atoms with Crippen molar-refractivity contribution in [3.8, 4) is 0 Å². The van der Waals surface area contributed by atoms with Gasteiger partial charge in [0, 0.05) is 50.6 Å². The van der Waals surface area contributed by atoms with E-state index in [9.17, 15) is 0 Å². The van der Waals surface area contributed by atoms with Crippen LogP contribution in [0.5, 0.6) is 0 Å². The van der Waals surface area contributed by atoms with Crippen molar-refractivity contribution in [2.24, 2.45) is 0 Å². The van der Waals surface area contributed by atoms with E-state index in [1.807, 2.05) is 0 Å². The second-order valence-electron chi connectivity index (χ2n) is 22.3. The van der Waals surface area contributed by atoms with Gasteiger partial charge >= 0.3 is 0 Å². The topological polar surface area (TPSA) is 9.72 Å². The van der Waals surface area contributed by atoms with Crippen LogP contribution in [0.25, 0.3) is 0 Å². The quantitative estimate of drug-likeness (QED) is 0.164. The van der Waals surface area contributed by atoms with E-state index in [1.54, 1.807) is 0 Å². The summed E-state index contributed by atoms with van der Waals surface area (Å²) in [6, 6.07) is 57.7. The number of hydrogen-bond acceptors (Lipinski definition) is 3. The molecule has 65 heavy (non-hydrogen) atoms. The minimum absolute atomic E-state index is 0.0363. The van der Waals surface area contributed by atoms with Crippen LogP contribution in [0.2, 0.25) is 0 Å². The molecule has 0 bridgehead atoms. The monoisotopic (exact) mass is 845 g/mol. The molecule has 4 unspecified atom stereocenters. The largest absolute Gasteiger partial charge is 0.335 e. The van der Waals surface area contributed by atoms with Crippen LogP contribution in [0.4, 0.5) is 39.8 Å². The first-order chi connectivity index (χ1) is 31.3. The SMILES string of the molecule is Cc1ccc(N2c3ccc(C)cc3B3c4cccc5c4N(c4cc(N6c7ccc(C(C)(C)C)cc7C7(C)CCc8ccccc8C67C)cc2c43)C2(C)CCCCC52c2ccccc2)cc1. The summed E-state index contributed by atoms with van der Waals surface area (Å²) in [5.74, 6) is 0. The van der Waals surface area contributed by atoms with Gasteiger partial charge in [0.05, 0.1) is 11.1 Å². The van der Waals surface area contributed by atoms with Crippen molar-refractivity contribution in [1.29, 1.82) is 0 Å². The molecule has 4 aliphatic heterocycles. The molecule has 0 N–H and O–H groups in total. The van der Waals surface area contributed by atoms with E-state index in [0.717, 1.165) is 25.7 Å². The normalized spacial score (nSPS) is 25.3. The fourth-order valence-corrected chi connectivity index (χ4v) is 14.7. The van der Waals surface area contributed by atoms with Crippen LogP contribution in [0.15, 0.2) is 146 Å². The number of rotatable bonds is 3. The Kier molecular flexibility index (Phi) is 7.93. The van der Waals surface area contributed by atoms with Crippen molar-refractivity contribution < 1.29 is 0 Å². The van der Waals surface area contributed by atoms with Gasteiger partial charge in [0.25, 0.3) is 6.71 Å². The summed E-state index contributed by atoms with van der Waals surface area (Å²) in [4.78, 5) is 8.37.